The van der Waals surface area contributed by atoms with E-state index in [4.69, 9.17) is 9.26 Å². The van der Waals surface area contributed by atoms with Gasteiger partial charge in [0.25, 0.3) is 0 Å². The van der Waals surface area contributed by atoms with Crippen LogP contribution >= 0.6 is 0 Å². The summed E-state index contributed by atoms with van der Waals surface area (Å²) in [6.45, 7) is 10.4. The van der Waals surface area contributed by atoms with Crippen LogP contribution in [0, 0.1) is 5.92 Å². The van der Waals surface area contributed by atoms with Gasteiger partial charge in [-0.05, 0) is 56.5 Å². The lowest BCUT2D eigenvalue weighted by Gasteiger charge is -2.46. The highest BCUT2D eigenvalue weighted by Gasteiger charge is 2.34. The van der Waals surface area contributed by atoms with Gasteiger partial charge in [-0.25, -0.2) is 4.98 Å². The van der Waals surface area contributed by atoms with Crippen molar-refractivity contribution in [2.24, 2.45) is 5.92 Å². The Morgan fingerprint density at radius 2 is 1.92 bits per heavy atom. The zero-order chi connectivity index (χ0) is 24.2. The topological polar surface area (TPSA) is 69.9 Å². The van der Waals surface area contributed by atoms with Gasteiger partial charge >= 0.3 is 0 Å². The first kappa shape index (κ1) is 23.7. The molecule has 0 aliphatic carbocycles. The van der Waals surface area contributed by atoms with Gasteiger partial charge in [-0.1, -0.05) is 23.4 Å². The minimum Gasteiger partial charge on any atom is -0.477 e. The van der Waals surface area contributed by atoms with E-state index in [1.54, 1.807) is 0 Å². The highest BCUT2D eigenvalue weighted by atomic mass is 16.5. The number of para-hydroxylation sites is 1. The predicted molar refractivity (Wildman–Crippen MR) is 141 cm³/mol. The van der Waals surface area contributed by atoms with Gasteiger partial charge in [-0.3, -0.25) is 4.90 Å². The molecular weight excluding hydrogens is 452 g/mol. The Morgan fingerprint density at radius 3 is 2.81 bits per heavy atom. The molecule has 3 aromatic rings. The second-order valence-corrected chi connectivity index (χ2v) is 10.6. The number of rotatable bonds is 9. The van der Waals surface area contributed by atoms with Crippen LogP contribution in [-0.4, -0.2) is 84.9 Å². The largest absolute Gasteiger partial charge is 0.477 e. The van der Waals surface area contributed by atoms with Crippen molar-refractivity contribution >= 4 is 16.8 Å². The third-order valence-corrected chi connectivity index (χ3v) is 8.06. The summed E-state index contributed by atoms with van der Waals surface area (Å²) in [5.74, 6) is 2.28. The third-order valence-electron chi connectivity index (χ3n) is 8.06. The van der Waals surface area contributed by atoms with Crippen molar-refractivity contribution in [3.05, 3.63) is 48.2 Å². The number of likely N-dealkylation sites (tertiary alicyclic amines) is 1. The highest BCUT2D eigenvalue weighted by Crippen LogP contribution is 2.31. The number of fused-ring (bicyclic) bond motifs is 2. The molecule has 8 heteroatoms. The molecule has 2 aromatic heterocycles. The second kappa shape index (κ2) is 11.2. The second-order valence-electron chi connectivity index (χ2n) is 10.6. The standard InChI is InChI=1S/C28H38N6O2/c1-2-6-26-25(5-1)28(31-36-26)34-16-15-33-19-23(7-9-24(33)20-34)21-35-27-10-8-22(18-30-27)17-29-11-14-32-12-3-4-13-32/h1-2,5-6,8,10,18,23-24,29H,3-4,7,9,11-17,19-21H2/t23-,24-/m1/s1. The van der Waals surface area contributed by atoms with Crippen LogP contribution in [0.2, 0.25) is 0 Å². The smallest absolute Gasteiger partial charge is 0.213 e. The van der Waals surface area contributed by atoms with Crippen LogP contribution < -0.4 is 15.0 Å². The first-order valence-corrected chi connectivity index (χ1v) is 13.7. The molecule has 192 valence electrons. The van der Waals surface area contributed by atoms with Crippen LogP contribution in [0.3, 0.4) is 0 Å². The number of ether oxygens (including phenoxy) is 1. The first-order chi connectivity index (χ1) is 17.8. The van der Waals surface area contributed by atoms with E-state index < -0.39 is 0 Å². The quantitative estimate of drug-likeness (QED) is 0.458. The van der Waals surface area contributed by atoms with Gasteiger partial charge < -0.3 is 24.4 Å². The van der Waals surface area contributed by atoms with E-state index in [1.165, 1.54) is 44.3 Å². The number of hydrogen-bond acceptors (Lipinski definition) is 8. The van der Waals surface area contributed by atoms with Crippen molar-refractivity contribution in [1.82, 2.24) is 25.3 Å². The Balaban J connectivity index is 0.931. The number of benzene rings is 1. The number of piperazine rings is 1. The highest BCUT2D eigenvalue weighted by molar-refractivity contribution is 5.88. The fourth-order valence-corrected chi connectivity index (χ4v) is 5.97. The SMILES string of the molecule is c1ccc2c(N3CCN4C[C@H](COc5ccc(CNCCN6CCCC6)cn5)CC[C@@H]4C3)noc2c1. The van der Waals surface area contributed by atoms with Crippen LogP contribution in [0.15, 0.2) is 47.1 Å². The number of nitrogens with zero attached hydrogens (tertiary/aromatic N) is 5. The Bertz CT molecular complexity index is 1110. The van der Waals surface area contributed by atoms with Crippen molar-refractivity contribution < 1.29 is 9.26 Å². The molecule has 3 aliphatic rings. The third kappa shape index (κ3) is 5.51. The minimum absolute atomic E-state index is 0.550. The monoisotopic (exact) mass is 490 g/mol. The molecule has 2 atom stereocenters. The Kier molecular flexibility index (Phi) is 7.34. The molecule has 0 radical (unpaired) electrons. The maximum absolute atomic E-state index is 6.10. The van der Waals surface area contributed by atoms with Crippen LogP contribution in [0.4, 0.5) is 5.82 Å². The molecule has 36 heavy (non-hydrogen) atoms. The van der Waals surface area contributed by atoms with Gasteiger partial charge in [-0.15, -0.1) is 0 Å². The molecule has 1 aromatic carbocycles. The van der Waals surface area contributed by atoms with Crippen molar-refractivity contribution in [1.29, 1.82) is 0 Å². The van der Waals surface area contributed by atoms with Gasteiger partial charge in [0.05, 0.1) is 12.0 Å². The molecular formula is C28H38N6O2. The predicted octanol–water partition coefficient (Wildman–Crippen LogP) is 3.39. The van der Waals surface area contributed by atoms with E-state index in [0.717, 1.165) is 75.1 Å². The number of nitrogens with one attached hydrogen (secondary N) is 1. The van der Waals surface area contributed by atoms with Crippen molar-refractivity contribution in [2.45, 2.75) is 38.3 Å². The molecule has 0 unspecified atom stereocenters. The summed E-state index contributed by atoms with van der Waals surface area (Å²) in [5.41, 5.74) is 2.08. The number of anilines is 1. The molecule has 0 saturated carbocycles. The summed E-state index contributed by atoms with van der Waals surface area (Å²) in [5, 5.41) is 9.03. The maximum atomic E-state index is 6.10. The molecule has 6 rings (SSSR count). The van der Waals surface area contributed by atoms with Gasteiger partial charge in [0.1, 0.15) is 0 Å². The van der Waals surface area contributed by atoms with Crippen LogP contribution in [0.5, 0.6) is 5.88 Å². The average molecular weight is 491 g/mol. The summed E-state index contributed by atoms with van der Waals surface area (Å²) in [6.07, 6.45) is 7.03. The summed E-state index contributed by atoms with van der Waals surface area (Å²) >= 11 is 0. The summed E-state index contributed by atoms with van der Waals surface area (Å²) < 4.78 is 11.7. The summed E-state index contributed by atoms with van der Waals surface area (Å²) in [4.78, 5) is 12.1. The molecule has 3 saturated heterocycles. The number of hydrogen-bond donors (Lipinski definition) is 1. The molecule has 0 amide bonds. The van der Waals surface area contributed by atoms with Gasteiger partial charge in [0, 0.05) is 70.0 Å². The summed E-state index contributed by atoms with van der Waals surface area (Å²) in [7, 11) is 0. The van der Waals surface area contributed by atoms with E-state index in [1.807, 2.05) is 24.4 Å². The van der Waals surface area contributed by atoms with E-state index in [0.29, 0.717) is 12.0 Å². The Hall–Kier alpha value is -2.68. The zero-order valence-electron chi connectivity index (χ0n) is 21.1. The Labute approximate surface area is 213 Å². The molecule has 0 spiro atoms. The Morgan fingerprint density at radius 1 is 1.00 bits per heavy atom. The van der Waals surface area contributed by atoms with Crippen LogP contribution in [0.1, 0.15) is 31.2 Å². The van der Waals surface area contributed by atoms with Crippen LogP contribution in [0.25, 0.3) is 11.0 Å². The molecule has 8 nitrogen and oxygen atoms in total. The number of piperidine rings is 1. The van der Waals surface area contributed by atoms with Crippen molar-refractivity contribution in [3.8, 4) is 5.88 Å². The van der Waals surface area contributed by atoms with Crippen molar-refractivity contribution in [2.75, 3.05) is 63.9 Å². The van der Waals surface area contributed by atoms with E-state index >= 15 is 0 Å². The average Bonchev–Trinajstić information content (AvgIpc) is 3.60. The molecule has 3 aliphatic heterocycles. The number of pyridine rings is 1. The first-order valence-electron chi connectivity index (χ1n) is 13.7. The lowest BCUT2D eigenvalue weighted by atomic mass is 9.91. The lowest BCUT2D eigenvalue weighted by Crippen LogP contribution is -2.57. The lowest BCUT2D eigenvalue weighted by molar-refractivity contribution is 0.0717. The van der Waals surface area contributed by atoms with Crippen LogP contribution in [-0.2, 0) is 6.54 Å². The maximum Gasteiger partial charge on any atom is 0.213 e. The molecule has 0 bridgehead atoms. The van der Waals surface area contributed by atoms with E-state index in [-0.39, 0.29) is 0 Å². The molecule has 5 heterocycles. The summed E-state index contributed by atoms with van der Waals surface area (Å²) in [6, 6.07) is 12.9. The molecule has 1 N–H and O–H groups in total. The number of aromatic nitrogens is 2. The normalized spacial score (nSPS) is 23.3. The van der Waals surface area contributed by atoms with Gasteiger partial charge in [0.15, 0.2) is 11.4 Å². The van der Waals surface area contributed by atoms with Gasteiger partial charge in [-0.2, -0.15) is 0 Å². The van der Waals surface area contributed by atoms with Gasteiger partial charge in [0.2, 0.25) is 5.88 Å². The van der Waals surface area contributed by atoms with E-state index in [2.05, 4.69) is 48.4 Å². The zero-order valence-corrected chi connectivity index (χ0v) is 21.1. The van der Waals surface area contributed by atoms with Crippen molar-refractivity contribution in [3.63, 3.8) is 0 Å². The fraction of sp³-hybridized carbons (Fsp3) is 0.571. The fourth-order valence-electron chi connectivity index (χ4n) is 5.97. The molecule has 3 fully saturated rings. The van der Waals surface area contributed by atoms with E-state index in [9.17, 15) is 0 Å². The minimum atomic E-state index is 0.550.